The largest absolute Gasteiger partial charge is 0.326 e. The highest BCUT2D eigenvalue weighted by atomic mass is 16.2. The zero-order valence-electron chi connectivity index (χ0n) is 10.9. The Labute approximate surface area is 107 Å². The van der Waals surface area contributed by atoms with Crippen molar-refractivity contribution in [1.82, 2.24) is 0 Å². The van der Waals surface area contributed by atoms with E-state index in [2.05, 4.69) is 10.6 Å². The van der Waals surface area contributed by atoms with Crippen LogP contribution in [0.5, 0.6) is 0 Å². The molecule has 98 valence electrons. The third-order valence-electron chi connectivity index (χ3n) is 2.51. The number of amides is 2. The maximum absolute atomic E-state index is 11.5. The first-order valence-corrected chi connectivity index (χ1v) is 5.91. The van der Waals surface area contributed by atoms with Crippen molar-refractivity contribution in [1.29, 1.82) is 0 Å². The van der Waals surface area contributed by atoms with Crippen molar-refractivity contribution >= 4 is 23.2 Å². The van der Waals surface area contributed by atoms with Crippen LogP contribution in [0, 0.1) is 6.92 Å². The molecule has 0 bridgehead atoms. The minimum Gasteiger partial charge on any atom is -0.326 e. The fourth-order valence-electron chi connectivity index (χ4n) is 1.33. The molecule has 2 amide bonds. The van der Waals surface area contributed by atoms with E-state index < -0.39 is 6.04 Å². The van der Waals surface area contributed by atoms with Crippen LogP contribution in [0.1, 0.15) is 25.8 Å². The second-order valence-electron chi connectivity index (χ2n) is 4.21. The maximum atomic E-state index is 11.5. The van der Waals surface area contributed by atoms with Gasteiger partial charge in [-0.1, -0.05) is 13.0 Å². The molecule has 0 saturated carbocycles. The van der Waals surface area contributed by atoms with Gasteiger partial charge in [0.05, 0.1) is 6.04 Å². The first-order chi connectivity index (χ1) is 8.43. The van der Waals surface area contributed by atoms with Crippen LogP contribution in [0.4, 0.5) is 11.4 Å². The summed E-state index contributed by atoms with van der Waals surface area (Å²) in [5.41, 5.74) is 7.73. The van der Waals surface area contributed by atoms with E-state index in [0.29, 0.717) is 17.8 Å². The molecule has 0 aliphatic rings. The number of aryl methyl sites for hydroxylation is 1. The van der Waals surface area contributed by atoms with E-state index in [-0.39, 0.29) is 11.8 Å². The lowest BCUT2D eigenvalue weighted by molar-refractivity contribution is -0.117. The summed E-state index contributed by atoms with van der Waals surface area (Å²) < 4.78 is 0. The molecular formula is C13H19N3O2. The summed E-state index contributed by atoms with van der Waals surface area (Å²) in [4.78, 5) is 22.8. The molecule has 5 heteroatoms. The highest BCUT2D eigenvalue weighted by Crippen LogP contribution is 2.20. The Morgan fingerprint density at radius 1 is 1.33 bits per heavy atom. The fraction of sp³-hybridized carbons (Fsp3) is 0.385. The van der Waals surface area contributed by atoms with E-state index >= 15 is 0 Å². The summed E-state index contributed by atoms with van der Waals surface area (Å²) in [6.07, 6.45) is 0.412. The molecular weight excluding hydrogens is 230 g/mol. The SMILES string of the molecule is CCC(=O)Nc1ccc(C)c(NC(=O)[C@H](C)N)c1. The van der Waals surface area contributed by atoms with E-state index in [1.165, 1.54) is 0 Å². The quantitative estimate of drug-likeness (QED) is 0.758. The van der Waals surface area contributed by atoms with E-state index in [0.717, 1.165) is 5.56 Å². The first kappa shape index (κ1) is 14.2. The van der Waals surface area contributed by atoms with Gasteiger partial charge in [-0.3, -0.25) is 9.59 Å². The number of anilines is 2. The smallest absolute Gasteiger partial charge is 0.241 e. The lowest BCUT2D eigenvalue weighted by atomic mass is 10.1. The molecule has 0 heterocycles. The molecule has 1 aromatic rings. The van der Waals surface area contributed by atoms with Crippen LogP contribution in [0.15, 0.2) is 18.2 Å². The molecule has 0 aromatic heterocycles. The van der Waals surface area contributed by atoms with E-state index in [9.17, 15) is 9.59 Å². The standard InChI is InChI=1S/C13H19N3O2/c1-4-12(17)15-10-6-5-8(2)11(7-10)16-13(18)9(3)14/h5-7,9H,4,14H2,1-3H3,(H,15,17)(H,16,18)/t9-/m0/s1. The van der Waals surface area contributed by atoms with Gasteiger partial charge >= 0.3 is 0 Å². The van der Waals surface area contributed by atoms with Crippen molar-refractivity contribution in [2.24, 2.45) is 5.73 Å². The van der Waals surface area contributed by atoms with E-state index in [1.54, 1.807) is 26.0 Å². The van der Waals surface area contributed by atoms with Crippen molar-refractivity contribution in [2.45, 2.75) is 33.2 Å². The molecule has 1 atom stereocenters. The third-order valence-corrected chi connectivity index (χ3v) is 2.51. The maximum Gasteiger partial charge on any atom is 0.241 e. The average Bonchev–Trinajstić information content (AvgIpc) is 2.33. The zero-order chi connectivity index (χ0) is 13.7. The van der Waals surface area contributed by atoms with Crippen molar-refractivity contribution in [3.05, 3.63) is 23.8 Å². The van der Waals surface area contributed by atoms with Crippen molar-refractivity contribution in [2.75, 3.05) is 10.6 Å². The third kappa shape index (κ3) is 3.85. The summed E-state index contributed by atoms with van der Waals surface area (Å²) in [6, 6.07) is 4.79. The summed E-state index contributed by atoms with van der Waals surface area (Å²) >= 11 is 0. The highest BCUT2D eigenvalue weighted by molar-refractivity contribution is 5.96. The molecule has 18 heavy (non-hydrogen) atoms. The summed E-state index contributed by atoms with van der Waals surface area (Å²) in [6.45, 7) is 5.28. The normalized spacial score (nSPS) is 11.8. The molecule has 0 fully saturated rings. The van der Waals surface area contributed by atoms with E-state index in [1.807, 2.05) is 13.0 Å². The van der Waals surface area contributed by atoms with Gasteiger partial charge in [0.2, 0.25) is 11.8 Å². The molecule has 1 aromatic carbocycles. The number of hydrogen-bond donors (Lipinski definition) is 3. The molecule has 0 radical (unpaired) electrons. The topological polar surface area (TPSA) is 84.2 Å². The van der Waals surface area contributed by atoms with Gasteiger partial charge in [0, 0.05) is 17.8 Å². The van der Waals surface area contributed by atoms with Gasteiger partial charge in [-0.2, -0.15) is 0 Å². The van der Waals surface area contributed by atoms with Crippen molar-refractivity contribution in [3.8, 4) is 0 Å². The number of hydrogen-bond acceptors (Lipinski definition) is 3. The Hall–Kier alpha value is -1.88. The summed E-state index contributed by atoms with van der Waals surface area (Å²) in [7, 11) is 0. The van der Waals surface area contributed by atoms with Gasteiger partial charge in [-0.25, -0.2) is 0 Å². The summed E-state index contributed by atoms with van der Waals surface area (Å²) in [5.74, 6) is -0.319. The number of nitrogens with two attached hydrogens (primary N) is 1. The Kier molecular flexibility index (Phi) is 4.85. The van der Waals surface area contributed by atoms with Crippen LogP contribution in [-0.2, 0) is 9.59 Å². The molecule has 1 rings (SSSR count). The fourth-order valence-corrected chi connectivity index (χ4v) is 1.33. The second-order valence-corrected chi connectivity index (χ2v) is 4.21. The van der Waals surface area contributed by atoms with Gasteiger partial charge in [0.25, 0.3) is 0 Å². The second kappa shape index (κ2) is 6.16. The highest BCUT2D eigenvalue weighted by Gasteiger charge is 2.10. The Balaban J connectivity index is 2.87. The number of carbonyl (C=O) groups excluding carboxylic acids is 2. The van der Waals surface area contributed by atoms with Gasteiger partial charge in [-0.05, 0) is 31.5 Å². The van der Waals surface area contributed by atoms with Gasteiger partial charge in [0.1, 0.15) is 0 Å². The number of benzene rings is 1. The molecule has 4 N–H and O–H groups in total. The first-order valence-electron chi connectivity index (χ1n) is 5.91. The van der Waals surface area contributed by atoms with Crippen LogP contribution in [0.25, 0.3) is 0 Å². The van der Waals surface area contributed by atoms with Crippen molar-refractivity contribution in [3.63, 3.8) is 0 Å². The van der Waals surface area contributed by atoms with Gasteiger partial charge in [-0.15, -0.1) is 0 Å². The molecule has 0 unspecified atom stereocenters. The lowest BCUT2D eigenvalue weighted by Gasteiger charge is -2.12. The molecule has 0 aliphatic heterocycles. The van der Waals surface area contributed by atoms with Crippen LogP contribution in [-0.4, -0.2) is 17.9 Å². The van der Waals surface area contributed by atoms with E-state index in [4.69, 9.17) is 5.73 Å². The van der Waals surface area contributed by atoms with Gasteiger partial charge in [0.15, 0.2) is 0 Å². The number of nitrogens with one attached hydrogen (secondary N) is 2. The molecule has 5 nitrogen and oxygen atoms in total. The molecule has 0 aliphatic carbocycles. The van der Waals surface area contributed by atoms with Gasteiger partial charge < -0.3 is 16.4 Å². The van der Waals surface area contributed by atoms with Crippen LogP contribution in [0.3, 0.4) is 0 Å². The van der Waals surface area contributed by atoms with Crippen LogP contribution >= 0.6 is 0 Å². The van der Waals surface area contributed by atoms with Crippen LogP contribution in [0.2, 0.25) is 0 Å². The average molecular weight is 249 g/mol. The summed E-state index contributed by atoms with van der Waals surface area (Å²) in [5, 5.41) is 5.47. The molecule has 0 spiro atoms. The predicted molar refractivity (Wildman–Crippen MR) is 72.4 cm³/mol. The minimum atomic E-state index is -0.571. The van der Waals surface area contributed by atoms with Crippen molar-refractivity contribution < 1.29 is 9.59 Å². The minimum absolute atomic E-state index is 0.0664. The number of rotatable bonds is 4. The zero-order valence-corrected chi connectivity index (χ0v) is 10.9. The Morgan fingerprint density at radius 3 is 2.56 bits per heavy atom. The monoisotopic (exact) mass is 249 g/mol. The number of carbonyl (C=O) groups is 2. The Bertz CT molecular complexity index is 456. The predicted octanol–water partition coefficient (Wildman–Crippen LogP) is 1.63. The molecule has 0 saturated heterocycles. The van der Waals surface area contributed by atoms with Crippen LogP contribution < -0.4 is 16.4 Å². The lowest BCUT2D eigenvalue weighted by Crippen LogP contribution is -2.32. The Morgan fingerprint density at radius 2 is 2.00 bits per heavy atom.